The van der Waals surface area contributed by atoms with Crippen molar-refractivity contribution in [3.63, 3.8) is 0 Å². The lowest BCUT2D eigenvalue weighted by atomic mass is 10.2. The molecule has 1 rings (SSSR count). The van der Waals surface area contributed by atoms with Crippen LogP contribution in [0.5, 0.6) is 5.75 Å². The molecule has 1 aromatic carbocycles. The molecule has 0 radical (unpaired) electrons. The van der Waals surface area contributed by atoms with Crippen LogP contribution in [0.3, 0.4) is 0 Å². The molecule has 0 fully saturated rings. The zero-order valence-electron chi connectivity index (χ0n) is 11.3. The number of benzene rings is 1. The van der Waals surface area contributed by atoms with E-state index in [4.69, 9.17) is 14.9 Å². The van der Waals surface area contributed by atoms with Gasteiger partial charge in [0.1, 0.15) is 18.8 Å². The van der Waals surface area contributed by atoms with Gasteiger partial charge in [-0.15, -0.1) is 0 Å². The summed E-state index contributed by atoms with van der Waals surface area (Å²) in [5.74, 6) is -1.62. The lowest BCUT2D eigenvalue weighted by Gasteiger charge is -2.13. The Balaban J connectivity index is 2.82. The molecule has 0 aliphatic rings. The van der Waals surface area contributed by atoms with E-state index in [0.29, 0.717) is 17.9 Å². The van der Waals surface area contributed by atoms with E-state index < -0.39 is 25.0 Å². The summed E-state index contributed by atoms with van der Waals surface area (Å²) in [6.45, 7) is 1.44. The van der Waals surface area contributed by atoms with Gasteiger partial charge in [0, 0.05) is 0 Å². The van der Waals surface area contributed by atoms with Gasteiger partial charge in [-0.2, -0.15) is 5.10 Å². The fourth-order valence-corrected chi connectivity index (χ4v) is 1.98. The van der Waals surface area contributed by atoms with Crippen molar-refractivity contribution in [2.45, 2.75) is 6.92 Å². The summed E-state index contributed by atoms with van der Waals surface area (Å²) in [5, 5.41) is 22.2. The maximum atomic E-state index is 10.6. The Morgan fingerprint density at radius 1 is 1.33 bits per heavy atom. The summed E-state index contributed by atoms with van der Waals surface area (Å²) in [4.78, 5) is 21.3. The molecule has 1 aromatic rings. The second-order valence-corrected chi connectivity index (χ2v) is 4.83. The zero-order chi connectivity index (χ0) is 15.8. The van der Waals surface area contributed by atoms with Crippen molar-refractivity contribution in [1.29, 1.82) is 0 Å². The van der Waals surface area contributed by atoms with E-state index in [9.17, 15) is 9.59 Å². The van der Waals surface area contributed by atoms with E-state index in [-0.39, 0.29) is 0 Å². The summed E-state index contributed by atoms with van der Waals surface area (Å²) < 4.78 is 6.10. The SMILES string of the molecule is CCOc1ccc(/C=N\N(CC(=O)O)CC(=O)O)cc1Br. The van der Waals surface area contributed by atoms with Crippen LogP contribution in [0.2, 0.25) is 0 Å². The van der Waals surface area contributed by atoms with E-state index in [1.54, 1.807) is 18.2 Å². The van der Waals surface area contributed by atoms with Crippen LogP contribution in [0.1, 0.15) is 12.5 Å². The average molecular weight is 359 g/mol. The first-order chi connectivity index (χ1) is 9.92. The second-order valence-electron chi connectivity index (χ2n) is 3.98. The quantitative estimate of drug-likeness (QED) is 0.541. The molecular formula is C13H15BrN2O5. The van der Waals surface area contributed by atoms with E-state index in [0.717, 1.165) is 9.48 Å². The number of hydrazone groups is 1. The fourth-order valence-electron chi connectivity index (χ4n) is 1.47. The third kappa shape index (κ3) is 6.26. The number of hydrogen-bond acceptors (Lipinski definition) is 5. The Hall–Kier alpha value is -2.09. The van der Waals surface area contributed by atoms with Gasteiger partial charge in [-0.05, 0) is 46.6 Å². The molecule has 0 amide bonds. The van der Waals surface area contributed by atoms with Crippen molar-refractivity contribution in [2.75, 3.05) is 19.7 Å². The minimum atomic E-state index is -1.15. The molecular weight excluding hydrogens is 344 g/mol. The highest BCUT2D eigenvalue weighted by Crippen LogP contribution is 2.25. The Morgan fingerprint density at radius 2 is 1.95 bits per heavy atom. The third-order valence-electron chi connectivity index (χ3n) is 2.26. The topological polar surface area (TPSA) is 99.4 Å². The largest absolute Gasteiger partial charge is 0.493 e. The Morgan fingerprint density at radius 3 is 2.43 bits per heavy atom. The Bertz CT molecular complexity index is 531. The first-order valence-electron chi connectivity index (χ1n) is 6.07. The van der Waals surface area contributed by atoms with Crippen molar-refractivity contribution < 1.29 is 24.5 Å². The van der Waals surface area contributed by atoms with Gasteiger partial charge in [0.15, 0.2) is 0 Å². The zero-order valence-corrected chi connectivity index (χ0v) is 12.9. The Labute approximate surface area is 130 Å². The van der Waals surface area contributed by atoms with E-state index >= 15 is 0 Å². The van der Waals surface area contributed by atoms with Crippen LogP contribution in [0.25, 0.3) is 0 Å². The standard InChI is InChI=1S/C13H15BrN2O5/c1-2-21-11-4-3-9(5-10(11)14)6-15-16(7-12(17)18)8-13(19)20/h3-6H,2,7-8H2,1H3,(H,17,18)(H,19,20)/b15-6-. The molecule has 0 bridgehead atoms. The first kappa shape index (κ1) is 17.0. The maximum Gasteiger partial charge on any atom is 0.324 e. The molecule has 21 heavy (non-hydrogen) atoms. The van der Waals surface area contributed by atoms with Crippen molar-refractivity contribution in [3.05, 3.63) is 28.2 Å². The molecule has 0 unspecified atom stereocenters. The summed E-state index contributed by atoms with van der Waals surface area (Å²) in [6, 6.07) is 5.22. The number of nitrogens with zero attached hydrogens (tertiary/aromatic N) is 2. The van der Waals surface area contributed by atoms with Gasteiger partial charge in [0.25, 0.3) is 0 Å². The average Bonchev–Trinajstić information content (AvgIpc) is 2.38. The molecule has 2 N–H and O–H groups in total. The maximum absolute atomic E-state index is 10.6. The second kappa shape index (κ2) is 8.25. The predicted octanol–water partition coefficient (Wildman–Crippen LogP) is 1.65. The molecule has 0 aliphatic heterocycles. The number of hydrogen-bond donors (Lipinski definition) is 2. The highest BCUT2D eigenvalue weighted by molar-refractivity contribution is 9.10. The highest BCUT2D eigenvalue weighted by atomic mass is 79.9. The molecule has 0 aromatic heterocycles. The highest BCUT2D eigenvalue weighted by Gasteiger charge is 2.10. The summed E-state index contributed by atoms with van der Waals surface area (Å²) >= 11 is 3.35. The monoisotopic (exact) mass is 358 g/mol. The van der Waals surface area contributed by atoms with E-state index in [2.05, 4.69) is 21.0 Å². The smallest absolute Gasteiger partial charge is 0.324 e. The van der Waals surface area contributed by atoms with Gasteiger partial charge in [-0.1, -0.05) is 0 Å². The van der Waals surface area contributed by atoms with Crippen LogP contribution in [-0.4, -0.2) is 53.1 Å². The number of aliphatic carboxylic acids is 2. The molecule has 0 heterocycles. The van der Waals surface area contributed by atoms with Gasteiger partial charge >= 0.3 is 11.9 Å². The number of carboxylic acids is 2. The van der Waals surface area contributed by atoms with E-state index in [1.165, 1.54) is 6.21 Å². The van der Waals surface area contributed by atoms with Crippen molar-refractivity contribution in [1.82, 2.24) is 5.01 Å². The number of ether oxygens (including phenoxy) is 1. The normalized spacial score (nSPS) is 10.6. The van der Waals surface area contributed by atoms with Crippen LogP contribution in [0.4, 0.5) is 0 Å². The molecule has 0 atom stereocenters. The van der Waals surface area contributed by atoms with E-state index in [1.807, 2.05) is 6.92 Å². The van der Waals surface area contributed by atoms with Crippen molar-refractivity contribution in [2.24, 2.45) is 5.10 Å². The minimum Gasteiger partial charge on any atom is -0.493 e. The number of carboxylic acid groups (broad SMARTS) is 2. The van der Waals surface area contributed by atoms with Gasteiger partial charge in [0.05, 0.1) is 17.3 Å². The van der Waals surface area contributed by atoms with Crippen LogP contribution in [0.15, 0.2) is 27.8 Å². The lowest BCUT2D eigenvalue weighted by Crippen LogP contribution is -2.30. The molecule has 0 aliphatic carbocycles. The van der Waals surface area contributed by atoms with Gasteiger partial charge in [-0.3, -0.25) is 14.6 Å². The van der Waals surface area contributed by atoms with Crippen molar-refractivity contribution >= 4 is 34.1 Å². The lowest BCUT2D eigenvalue weighted by molar-refractivity contribution is -0.141. The number of rotatable bonds is 8. The number of halogens is 1. The number of carbonyl (C=O) groups is 2. The van der Waals surface area contributed by atoms with Crippen LogP contribution >= 0.6 is 15.9 Å². The first-order valence-corrected chi connectivity index (χ1v) is 6.86. The molecule has 8 heteroatoms. The molecule has 0 spiro atoms. The van der Waals surface area contributed by atoms with Gasteiger partial charge < -0.3 is 14.9 Å². The van der Waals surface area contributed by atoms with Crippen LogP contribution in [0, 0.1) is 0 Å². The van der Waals surface area contributed by atoms with Gasteiger partial charge in [0.2, 0.25) is 0 Å². The molecule has 114 valence electrons. The summed E-state index contributed by atoms with van der Waals surface area (Å²) in [5.41, 5.74) is 0.686. The third-order valence-corrected chi connectivity index (χ3v) is 2.88. The van der Waals surface area contributed by atoms with Crippen LogP contribution < -0.4 is 4.74 Å². The molecule has 7 nitrogen and oxygen atoms in total. The summed E-state index contributed by atoms with van der Waals surface area (Å²) in [7, 11) is 0. The van der Waals surface area contributed by atoms with Crippen molar-refractivity contribution in [3.8, 4) is 5.75 Å². The fraction of sp³-hybridized carbons (Fsp3) is 0.308. The molecule has 0 saturated carbocycles. The predicted molar refractivity (Wildman–Crippen MR) is 79.7 cm³/mol. The minimum absolute atomic E-state index is 0.485. The summed E-state index contributed by atoms with van der Waals surface area (Å²) in [6.07, 6.45) is 1.40. The molecule has 0 saturated heterocycles. The van der Waals surface area contributed by atoms with Gasteiger partial charge in [-0.25, -0.2) is 0 Å². The Kier molecular flexibility index (Phi) is 6.67. The van der Waals surface area contributed by atoms with Crippen LogP contribution in [-0.2, 0) is 9.59 Å².